The van der Waals surface area contributed by atoms with Gasteiger partial charge in [-0.2, -0.15) is 0 Å². The first-order valence-corrected chi connectivity index (χ1v) is 11.0. The quantitative estimate of drug-likeness (QED) is 0.357. The lowest BCUT2D eigenvalue weighted by molar-refractivity contribution is -0.890. The first-order chi connectivity index (χ1) is 12.1. The van der Waals surface area contributed by atoms with E-state index in [-0.39, 0.29) is 4.90 Å². The summed E-state index contributed by atoms with van der Waals surface area (Å²) in [6, 6.07) is 5.78. The van der Waals surface area contributed by atoms with E-state index >= 15 is 0 Å². The van der Waals surface area contributed by atoms with Crippen LogP contribution in [0, 0.1) is 6.92 Å². The maximum absolute atomic E-state index is 10.4. The van der Waals surface area contributed by atoms with Crippen LogP contribution in [-0.2, 0) is 10.1 Å². The van der Waals surface area contributed by atoms with Crippen LogP contribution >= 0.6 is 0 Å². The summed E-state index contributed by atoms with van der Waals surface area (Å²) < 4.78 is 32.2. The fourth-order valence-electron chi connectivity index (χ4n) is 2.64. The average Bonchev–Trinajstić information content (AvgIpc) is 2.56. The molecule has 6 heteroatoms. The highest BCUT2D eigenvalue weighted by Crippen LogP contribution is 2.09. The van der Waals surface area contributed by atoms with Crippen molar-refractivity contribution in [3.63, 3.8) is 0 Å². The monoisotopic (exact) mass is 387 g/mol. The normalized spacial score (nSPS) is 11.8. The van der Waals surface area contributed by atoms with Gasteiger partial charge in [0.15, 0.2) is 0 Å². The molecule has 0 saturated heterocycles. The molecular weight excluding hydrogens is 350 g/mol. The Balaban J connectivity index is 0.000000502. The molecule has 0 saturated carbocycles. The van der Waals surface area contributed by atoms with E-state index in [1.165, 1.54) is 57.2 Å². The first-order valence-electron chi connectivity index (χ1n) is 9.58. The fourth-order valence-corrected chi connectivity index (χ4v) is 3.11. The van der Waals surface area contributed by atoms with E-state index in [9.17, 15) is 13.0 Å². The van der Waals surface area contributed by atoms with E-state index in [0.29, 0.717) is 6.61 Å². The second-order valence-electron chi connectivity index (χ2n) is 7.50. The Morgan fingerprint density at radius 3 is 1.92 bits per heavy atom. The summed E-state index contributed by atoms with van der Waals surface area (Å²) in [6.45, 7) is 6.77. The molecular formula is C20H37NO4S. The number of aliphatic hydroxyl groups excluding tert-OH is 1. The van der Waals surface area contributed by atoms with Crippen molar-refractivity contribution in [2.24, 2.45) is 0 Å². The second-order valence-corrected chi connectivity index (χ2v) is 8.87. The van der Waals surface area contributed by atoms with Gasteiger partial charge in [0.25, 0.3) is 0 Å². The molecule has 0 atom stereocenters. The largest absolute Gasteiger partial charge is 0.744 e. The number of aryl methyl sites for hydroxylation is 1. The SMILES string of the molecule is CCCCCCCC[N+](C)(C)CCCO.Cc1ccc(S(=O)(=O)[O-])cc1. The number of benzene rings is 1. The number of unbranched alkanes of at least 4 members (excludes halogenated alkanes) is 5. The van der Waals surface area contributed by atoms with Crippen LogP contribution in [0.5, 0.6) is 0 Å². The average molecular weight is 388 g/mol. The number of quaternary nitrogens is 1. The molecule has 0 aliphatic carbocycles. The topological polar surface area (TPSA) is 77.4 Å². The number of rotatable bonds is 11. The van der Waals surface area contributed by atoms with Crippen molar-refractivity contribution in [1.29, 1.82) is 0 Å². The molecule has 1 rings (SSSR count). The third-order valence-corrected chi connectivity index (χ3v) is 5.20. The molecule has 0 heterocycles. The summed E-state index contributed by atoms with van der Waals surface area (Å²) in [5.74, 6) is 0. The summed E-state index contributed by atoms with van der Waals surface area (Å²) in [4.78, 5) is -0.178. The molecule has 0 radical (unpaired) electrons. The number of hydrogen-bond donors (Lipinski definition) is 1. The molecule has 1 N–H and O–H groups in total. The molecule has 1 aromatic carbocycles. The van der Waals surface area contributed by atoms with Crippen molar-refractivity contribution in [3.05, 3.63) is 29.8 Å². The predicted molar refractivity (Wildman–Crippen MR) is 106 cm³/mol. The molecule has 26 heavy (non-hydrogen) atoms. The van der Waals surface area contributed by atoms with Crippen LogP contribution in [0.15, 0.2) is 29.2 Å². The van der Waals surface area contributed by atoms with Crippen molar-refractivity contribution in [3.8, 4) is 0 Å². The van der Waals surface area contributed by atoms with Gasteiger partial charge in [-0.25, -0.2) is 8.42 Å². The van der Waals surface area contributed by atoms with Gasteiger partial charge in [0, 0.05) is 13.0 Å². The Morgan fingerprint density at radius 1 is 0.923 bits per heavy atom. The Labute approximate surface area is 160 Å². The lowest BCUT2D eigenvalue weighted by Gasteiger charge is -2.29. The van der Waals surface area contributed by atoms with Crippen LogP contribution in [-0.4, -0.2) is 56.4 Å². The van der Waals surface area contributed by atoms with Gasteiger partial charge in [-0.1, -0.05) is 50.3 Å². The molecule has 0 aliphatic heterocycles. The number of aliphatic hydroxyl groups is 1. The molecule has 0 unspecified atom stereocenters. The third-order valence-electron chi connectivity index (χ3n) is 4.35. The van der Waals surface area contributed by atoms with Crippen molar-refractivity contribution in [1.82, 2.24) is 0 Å². The Morgan fingerprint density at radius 2 is 1.42 bits per heavy atom. The molecule has 152 valence electrons. The van der Waals surface area contributed by atoms with Gasteiger partial charge >= 0.3 is 0 Å². The minimum absolute atomic E-state index is 0.178. The fraction of sp³-hybridized carbons (Fsp3) is 0.700. The zero-order valence-corrected chi connectivity index (χ0v) is 17.7. The Hall–Kier alpha value is -0.950. The molecule has 0 aliphatic rings. The molecule has 5 nitrogen and oxygen atoms in total. The van der Waals surface area contributed by atoms with Gasteiger partial charge in [0.05, 0.1) is 32.1 Å². The highest BCUT2D eigenvalue weighted by molar-refractivity contribution is 7.85. The highest BCUT2D eigenvalue weighted by Gasteiger charge is 2.12. The molecule has 0 aromatic heterocycles. The van der Waals surface area contributed by atoms with Crippen LogP contribution in [0.2, 0.25) is 0 Å². The summed E-state index contributed by atoms with van der Waals surface area (Å²) in [5, 5.41) is 8.79. The maximum Gasteiger partial charge on any atom is 0.124 e. The van der Waals surface area contributed by atoms with Gasteiger partial charge in [0.1, 0.15) is 10.1 Å². The van der Waals surface area contributed by atoms with Gasteiger partial charge in [-0.05, 0) is 31.9 Å². The Bertz CT molecular complexity index is 568. The summed E-state index contributed by atoms with van der Waals surface area (Å²) in [5.41, 5.74) is 0.928. The summed E-state index contributed by atoms with van der Waals surface area (Å²) >= 11 is 0. The predicted octanol–water partition coefficient (Wildman–Crippen LogP) is 3.70. The maximum atomic E-state index is 10.4. The van der Waals surface area contributed by atoms with Crippen LogP contribution in [0.3, 0.4) is 0 Å². The van der Waals surface area contributed by atoms with Crippen molar-refractivity contribution >= 4 is 10.1 Å². The zero-order valence-electron chi connectivity index (χ0n) is 16.9. The van der Waals surface area contributed by atoms with E-state index in [1.54, 1.807) is 12.1 Å². The van der Waals surface area contributed by atoms with E-state index in [2.05, 4.69) is 21.0 Å². The third kappa shape index (κ3) is 13.3. The molecule has 0 bridgehead atoms. The molecule has 0 fully saturated rings. The minimum Gasteiger partial charge on any atom is -0.744 e. The van der Waals surface area contributed by atoms with E-state index in [4.69, 9.17) is 5.11 Å². The first kappa shape index (κ1) is 25.1. The van der Waals surface area contributed by atoms with Gasteiger partial charge in [0.2, 0.25) is 0 Å². The zero-order chi connectivity index (χ0) is 20.1. The summed E-state index contributed by atoms with van der Waals surface area (Å²) in [6.07, 6.45) is 9.17. The second kappa shape index (κ2) is 13.3. The van der Waals surface area contributed by atoms with Crippen LogP contribution in [0.25, 0.3) is 0 Å². The number of hydrogen-bond acceptors (Lipinski definition) is 4. The van der Waals surface area contributed by atoms with Gasteiger partial charge in [-0.3, -0.25) is 0 Å². The lowest BCUT2D eigenvalue weighted by atomic mass is 10.1. The van der Waals surface area contributed by atoms with E-state index in [1.807, 2.05) is 6.92 Å². The van der Waals surface area contributed by atoms with E-state index < -0.39 is 10.1 Å². The Kier molecular flexibility index (Phi) is 12.8. The minimum atomic E-state index is -4.27. The summed E-state index contributed by atoms with van der Waals surface area (Å²) in [7, 11) is 0.262. The van der Waals surface area contributed by atoms with Crippen LogP contribution < -0.4 is 0 Å². The van der Waals surface area contributed by atoms with Crippen LogP contribution in [0.1, 0.15) is 57.4 Å². The lowest BCUT2D eigenvalue weighted by Crippen LogP contribution is -2.41. The van der Waals surface area contributed by atoms with Gasteiger partial charge in [-0.15, -0.1) is 0 Å². The standard InChI is InChI=1S/C13H30NO.C7H8O3S/c1-4-5-6-7-8-9-11-14(2,3)12-10-13-15;1-6-2-4-7(5-3-6)11(8,9)10/h15H,4-13H2,1-3H3;2-5H,1H3,(H,8,9,10)/q+1;/p-1. The molecule has 1 aromatic rings. The van der Waals surface area contributed by atoms with Crippen molar-refractivity contribution in [2.45, 2.75) is 63.7 Å². The smallest absolute Gasteiger partial charge is 0.124 e. The van der Waals surface area contributed by atoms with Crippen molar-refractivity contribution < 1.29 is 22.6 Å². The highest BCUT2D eigenvalue weighted by atomic mass is 32.2. The van der Waals surface area contributed by atoms with E-state index in [0.717, 1.165) is 23.0 Å². The van der Waals surface area contributed by atoms with Gasteiger partial charge < -0.3 is 14.1 Å². The molecule has 0 amide bonds. The molecule has 0 spiro atoms. The number of nitrogens with zero attached hydrogens (tertiary/aromatic N) is 1. The van der Waals surface area contributed by atoms with Crippen molar-refractivity contribution in [2.75, 3.05) is 33.8 Å². The van der Waals surface area contributed by atoms with Crippen LogP contribution in [0.4, 0.5) is 0 Å².